The van der Waals surface area contributed by atoms with Crippen molar-refractivity contribution in [2.45, 2.75) is 25.8 Å². The summed E-state index contributed by atoms with van der Waals surface area (Å²) < 4.78 is 3.04. The fourth-order valence-corrected chi connectivity index (χ4v) is 2.59. The zero-order valence-electron chi connectivity index (χ0n) is 10.7. The van der Waals surface area contributed by atoms with Gasteiger partial charge in [0.25, 0.3) is 0 Å². The van der Waals surface area contributed by atoms with Gasteiger partial charge in [-0.3, -0.25) is 4.68 Å². The molecule has 0 aliphatic rings. The number of nitrogens with two attached hydrogens (primary N) is 1. The molecule has 1 atom stereocenters. The normalized spacial score (nSPS) is 12.7. The third-order valence-electron chi connectivity index (χ3n) is 3.01. The summed E-state index contributed by atoms with van der Waals surface area (Å²) in [6.07, 6.45) is 1.71. The van der Waals surface area contributed by atoms with Crippen molar-refractivity contribution in [1.82, 2.24) is 9.78 Å². The highest BCUT2D eigenvalue weighted by atomic mass is 79.9. The average Bonchev–Trinajstić information content (AvgIpc) is 2.61. The fraction of sp³-hybridized carbons (Fsp3) is 0.357. The van der Waals surface area contributed by atoms with Crippen LogP contribution in [0.25, 0.3) is 0 Å². The number of nitrogens with zero attached hydrogens (tertiary/aromatic N) is 2. The highest BCUT2D eigenvalue weighted by molar-refractivity contribution is 9.10. The van der Waals surface area contributed by atoms with Crippen LogP contribution in [0.3, 0.4) is 0 Å². The van der Waals surface area contributed by atoms with E-state index in [-0.39, 0.29) is 6.04 Å². The Kier molecular flexibility index (Phi) is 4.19. The Bertz CT molecular complexity index is 534. The highest BCUT2D eigenvalue weighted by Crippen LogP contribution is 2.18. The molecule has 96 valence electrons. The van der Waals surface area contributed by atoms with Crippen molar-refractivity contribution in [3.8, 4) is 0 Å². The summed E-state index contributed by atoms with van der Waals surface area (Å²) in [6.45, 7) is 2.00. The van der Waals surface area contributed by atoms with E-state index in [1.165, 1.54) is 11.3 Å². The van der Waals surface area contributed by atoms with Gasteiger partial charge in [-0.2, -0.15) is 5.10 Å². The van der Waals surface area contributed by atoms with Crippen molar-refractivity contribution in [1.29, 1.82) is 0 Å². The van der Waals surface area contributed by atoms with Gasteiger partial charge in [0.1, 0.15) is 0 Å². The summed E-state index contributed by atoms with van der Waals surface area (Å²) in [5, 5.41) is 4.34. The molecule has 0 aliphatic heterocycles. The van der Waals surface area contributed by atoms with Crippen molar-refractivity contribution >= 4 is 15.9 Å². The second-order valence-electron chi connectivity index (χ2n) is 4.66. The van der Waals surface area contributed by atoms with Gasteiger partial charge in [-0.25, -0.2) is 0 Å². The molecule has 4 heteroatoms. The van der Waals surface area contributed by atoms with Crippen LogP contribution in [0.5, 0.6) is 0 Å². The van der Waals surface area contributed by atoms with Crippen molar-refractivity contribution < 1.29 is 0 Å². The van der Waals surface area contributed by atoms with Crippen LogP contribution in [-0.2, 0) is 19.9 Å². The lowest BCUT2D eigenvalue weighted by atomic mass is 10.0. The number of hydrogen-bond acceptors (Lipinski definition) is 2. The lowest BCUT2D eigenvalue weighted by Gasteiger charge is -2.12. The van der Waals surface area contributed by atoms with Gasteiger partial charge >= 0.3 is 0 Å². The lowest BCUT2D eigenvalue weighted by molar-refractivity contribution is 0.612. The molecule has 1 heterocycles. The zero-order chi connectivity index (χ0) is 13.1. The van der Waals surface area contributed by atoms with Crippen LogP contribution >= 0.6 is 15.9 Å². The Morgan fingerprint density at radius 3 is 2.67 bits per heavy atom. The minimum atomic E-state index is 0.110. The summed E-state index contributed by atoms with van der Waals surface area (Å²) in [6, 6.07) is 10.4. The van der Waals surface area contributed by atoms with Crippen molar-refractivity contribution in [3.05, 3.63) is 51.8 Å². The molecule has 0 bridgehead atoms. The highest BCUT2D eigenvalue weighted by Gasteiger charge is 2.10. The Morgan fingerprint density at radius 1 is 1.33 bits per heavy atom. The van der Waals surface area contributed by atoms with Gasteiger partial charge in [-0.05, 0) is 31.0 Å². The minimum absolute atomic E-state index is 0.110. The third-order valence-corrected chi connectivity index (χ3v) is 3.78. The number of hydrogen-bond donors (Lipinski definition) is 1. The van der Waals surface area contributed by atoms with E-state index in [1.807, 2.05) is 30.8 Å². The molecule has 3 nitrogen and oxygen atoms in total. The fourth-order valence-electron chi connectivity index (χ4n) is 2.14. The molecule has 0 amide bonds. The van der Waals surface area contributed by atoms with Crippen molar-refractivity contribution in [2.75, 3.05) is 0 Å². The van der Waals surface area contributed by atoms with E-state index in [4.69, 9.17) is 5.73 Å². The standard InChI is InChI=1S/C14H18BrN3/c1-10-7-13(18(2)17-10)9-12(16)8-11-5-3-4-6-14(11)15/h3-7,12H,8-9,16H2,1-2H3. The predicted molar refractivity (Wildman–Crippen MR) is 77.5 cm³/mol. The van der Waals surface area contributed by atoms with Crippen LogP contribution in [0.4, 0.5) is 0 Å². The van der Waals surface area contributed by atoms with Gasteiger partial charge in [0.2, 0.25) is 0 Å². The van der Waals surface area contributed by atoms with E-state index in [0.717, 1.165) is 23.0 Å². The smallest absolute Gasteiger partial charge is 0.0596 e. The molecule has 2 aromatic rings. The molecule has 0 saturated heterocycles. The zero-order valence-corrected chi connectivity index (χ0v) is 12.3. The first-order chi connectivity index (χ1) is 8.56. The van der Waals surface area contributed by atoms with Crippen LogP contribution in [0, 0.1) is 6.92 Å². The average molecular weight is 308 g/mol. The van der Waals surface area contributed by atoms with Crippen LogP contribution in [0.15, 0.2) is 34.8 Å². The maximum absolute atomic E-state index is 6.22. The SMILES string of the molecule is Cc1cc(CC(N)Cc2ccccc2Br)n(C)n1. The van der Waals surface area contributed by atoms with E-state index < -0.39 is 0 Å². The molecule has 2 rings (SSSR count). The number of aryl methyl sites for hydroxylation is 2. The third kappa shape index (κ3) is 3.21. The molecule has 0 radical (unpaired) electrons. The van der Waals surface area contributed by atoms with E-state index in [0.29, 0.717) is 0 Å². The van der Waals surface area contributed by atoms with Gasteiger partial charge in [-0.15, -0.1) is 0 Å². The number of benzene rings is 1. The Hall–Kier alpha value is -1.13. The van der Waals surface area contributed by atoms with E-state index >= 15 is 0 Å². The van der Waals surface area contributed by atoms with Gasteiger partial charge < -0.3 is 5.73 Å². The summed E-state index contributed by atoms with van der Waals surface area (Å²) in [4.78, 5) is 0. The summed E-state index contributed by atoms with van der Waals surface area (Å²) in [5.41, 5.74) is 9.71. The van der Waals surface area contributed by atoms with Gasteiger partial charge in [0, 0.05) is 29.7 Å². The van der Waals surface area contributed by atoms with Crippen LogP contribution in [0.1, 0.15) is 17.0 Å². The van der Waals surface area contributed by atoms with Crippen LogP contribution < -0.4 is 5.73 Å². The van der Waals surface area contributed by atoms with Gasteiger partial charge in [0.15, 0.2) is 0 Å². The largest absolute Gasteiger partial charge is 0.327 e. The molecular formula is C14H18BrN3. The topological polar surface area (TPSA) is 43.8 Å². The van der Waals surface area contributed by atoms with Crippen molar-refractivity contribution in [2.24, 2.45) is 12.8 Å². The first-order valence-electron chi connectivity index (χ1n) is 6.05. The number of rotatable bonds is 4. The van der Waals surface area contributed by atoms with E-state index in [2.05, 4.69) is 39.2 Å². The van der Waals surface area contributed by atoms with E-state index in [1.54, 1.807) is 0 Å². The molecule has 0 spiro atoms. The summed E-state index contributed by atoms with van der Waals surface area (Å²) in [7, 11) is 1.97. The summed E-state index contributed by atoms with van der Waals surface area (Å²) in [5.74, 6) is 0. The molecule has 0 aliphatic carbocycles. The maximum Gasteiger partial charge on any atom is 0.0596 e. The van der Waals surface area contributed by atoms with Crippen molar-refractivity contribution in [3.63, 3.8) is 0 Å². The molecule has 1 unspecified atom stereocenters. The minimum Gasteiger partial charge on any atom is -0.327 e. The molecular weight excluding hydrogens is 290 g/mol. The molecule has 18 heavy (non-hydrogen) atoms. The number of aromatic nitrogens is 2. The van der Waals surface area contributed by atoms with Crippen LogP contribution in [0.2, 0.25) is 0 Å². The number of halogens is 1. The quantitative estimate of drug-likeness (QED) is 0.943. The first-order valence-corrected chi connectivity index (χ1v) is 6.84. The second-order valence-corrected chi connectivity index (χ2v) is 5.51. The van der Waals surface area contributed by atoms with Gasteiger partial charge in [0.05, 0.1) is 5.69 Å². The first kappa shape index (κ1) is 13.3. The van der Waals surface area contributed by atoms with Gasteiger partial charge in [-0.1, -0.05) is 34.1 Å². The Morgan fingerprint density at radius 2 is 2.06 bits per heavy atom. The Labute approximate surface area is 116 Å². The summed E-state index contributed by atoms with van der Waals surface area (Å²) >= 11 is 3.56. The molecule has 0 fully saturated rings. The molecule has 0 saturated carbocycles. The van der Waals surface area contributed by atoms with E-state index in [9.17, 15) is 0 Å². The monoisotopic (exact) mass is 307 g/mol. The van der Waals surface area contributed by atoms with Crippen LogP contribution in [-0.4, -0.2) is 15.8 Å². The second kappa shape index (κ2) is 5.67. The molecule has 1 aromatic heterocycles. The molecule has 1 aromatic carbocycles. The lowest BCUT2D eigenvalue weighted by Crippen LogP contribution is -2.26. The predicted octanol–water partition coefficient (Wildman–Crippen LogP) is 2.60. The Balaban J connectivity index is 2.03. The molecule has 2 N–H and O–H groups in total. The maximum atomic E-state index is 6.22.